The molecule has 2 aliphatic rings. The van der Waals surface area contributed by atoms with E-state index in [0.29, 0.717) is 0 Å². The molecule has 2 aliphatic carbocycles. The van der Waals surface area contributed by atoms with Gasteiger partial charge in [0.25, 0.3) is 0 Å². The Morgan fingerprint density at radius 2 is 1.14 bits per heavy atom. The van der Waals surface area contributed by atoms with Crippen molar-refractivity contribution in [3.05, 3.63) is 117 Å². The predicted molar refractivity (Wildman–Crippen MR) is 184 cm³/mol. The SMILES string of the molecule is CC1=C(/C=C/C(C)=C/C=C/C(C)=C/C=C/C=C(C)/C=C/C=C(/C)CCC2=C(C)C[C@@H](O)CC2(C)C)C(C)(C)C[C@H](O)C1. The van der Waals surface area contributed by atoms with Crippen molar-refractivity contribution >= 4 is 0 Å². The van der Waals surface area contributed by atoms with Crippen LogP contribution in [0.2, 0.25) is 0 Å². The molecule has 0 fully saturated rings. The topological polar surface area (TPSA) is 40.5 Å². The summed E-state index contributed by atoms with van der Waals surface area (Å²) in [5.74, 6) is 0. The van der Waals surface area contributed by atoms with Crippen molar-refractivity contribution in [2.45, 2.75) is 120 Å². The standard InChI is InChI=1S/C40H58O2/c1-29(17-13-19-31(3)21-23-37-33(5)25-35(41)27-39(37,7)8)15-11-12-16-30(2)18-14-20-32(4)22-24-38-34(6)26-36(42)28-40(38,9)10/h11-21,23,35-36,41-42H,22,24-28H2,1-10H3/b12-11+,17-13+,18-14+,23-21+,29-15+,30-16+,31-19+,32-20-/t35-,36-/m1/s1. The van der Waals surface area contributed by atoms with Crippen LogP contribution in [0.1, 0.15) is 108 Å². The average Bonchev–Trinajstić information content (AvgIpc) is 2.84. The average molecular weight is 571 g/mol. The van der Waals surface area contributed by atoms with Gasteiger partial charge in [0.1, 0.15) is 0 Å². The van der Waals surface area contributed by atoms with Crippen molar-refractivity contribution in [2.75, 3.05) is 0 Å². The third-order valence-corrected chi connectivity index (χ3v) is 8.67. The second kappa shape index (κ2) is 16.2. The monoisotopic (exact) mass is 570 g/mol. The fourth-order valence-electron chi connectivity index (χ4n) is 6.49. The first-order chi connectivity index (χ1) is 19.6. The van der Waals surface area contributed by atoms with E-state index in [2.05, 4.69) is 142 Å². The molecule has 0 aromatic carbocycles. The molecule has 0 unspecified atom stereocenters. The molecule has 0 spiro atoms. The van der Waals surface area contributed by atoms with E-state index >= 15 is 0 Å². The Balaban J connectivity index is 1.86. The quantitative estimate of drug-likeness (QED) is 0.192. The molecule has 0 aromatic rings. The maximum Gasteiger partial charge on any atom is 0.0585 e. The van der Waals surface area contributed by atoms with Crippen molar-refractivity contribution in [1.29, 1.82) is 0 Å². The lowest BCUT2D eigenvalue weighted by atomic mass is 9.70. The number of hydrogen-bond donors (Lipinski definition) is 2. The van der Waals surface area contributed by atoms with Crippen molar-refractivity contribution in [2.24, 2.45) is 10.8 Å². The van der Waals surface area contributed by atoms with Crippen LogP contribution in [0.3, 0.4) is 0 Å². The second-order valence-corrected chi connectivity index (χ2v) is 14.0. The Hall–Kier alpha value is -2.68. The molecule has 0 bridgehead atoms. The number of aliphatic hydroxyl groups excluding tert-OH is 2. The zero-order chi connectivity index (χ0) is 31.5. The zero-order valence-corrected chi connectivity index (χ0v) is 28.2. The minimum absolute atomic E-state index is 0.00810. The van der Waals surface area contributed by atoms with Crippen LogP contribution in [0.25, 0.3) is 0 Å². The van der Waals surface area contributed by atoms with Crippen LogP contribution in [-0.4, -0.2) is 22.4 Å². The van der Waals surface area contributed by atoms with E-state index in [1.807, 2.05) is 0 Å². The predicted octanol–water partition coefficient (Wildman–Crippen LogP) is 10.8. The summed E-state index contributed by atoms with van der Waals surface area (Å²) >= 11 is 0. The van der Waals surface area contributed by atoms with E-state index in [-0.39, 0.29) is 23.0 Å². The summed E-state index contributed by atoms with van der Waals surface area (Å²) in [7, 11) is 0. The van der Waals surface area contributed by atoms with Crippen molar-refractivity contribution in [1.82, 2.24) is 0 Å². The van der Waals surface area contributed by atoms with Crippen LogP contribution in [-0.2, 0) is 0 Å². The Bertz CT molecular complexity index is 1240. The summed E-state index contributed by atoms with van der Waals surface area (Å²) in [4.78, 5) is 0. The van der Waals surface area contributed by atoms with Crippen LogP contribution in [0.15, 0.2) is 117 Å². The van der Waals surface area contributed by atoms with Crippen molar-refractivity contribution < 1.29 is 10.2 Å². The molecule has 0 saturated carbocycles. The van der Waals surface area contributed by atoms with Gasteiger partial charge in [-0.15, -0.1) is 0 Å². The molecule has 0 aliphatic heterocycles. The summed E-state index contributed by atoms with van der Waals surface area (Å²) < 4.78 is 0. The highest BCUT2D eigenvalue weighted by atomic mass is 16.3. The second-order valence-electron chi connectivity index (χ2n) is 14.0. The third kappa shape index (κ3) is 11.9. The molecular formula is C40H58O2. The van der Waals surface area contributed by atoms with Crippen LogP contribution in [0, 0.1) is 10.8 Å². The molecule has 2 heteroatoms. The molecule has 230 valence electrons. The molecule has 0 heterocycles. The van der Waals surface area contributed by atoms with E-state index < -0.39 is 0 Å². The molecular weight excluding hydrogens is 512 g/mol. The van der Waals surface area contributed by atoms with E-state index in [9.17, 15) is 10.2 Å². The van der Waals surface area contributed by atoms with Crippen LogP contribution >= 0.6 is 0 Å². The van der Waals surface area contributed by atoms with Gasteiger partial charge in [0.15, 0.2) is 0 Å². The van der Waals surface area contributed by atoms with Crippen LogP contribution in [0.5, 0.6) is 0 Å². The smallest absolute Gasteiger partial charge is 0.0585 e. The molecule has 0 radical (unpaired) electrons. The molecule has 0 amide bonds. The number of hydrogen-bond acceptors (Lipinski definition) is 2. The van der Waals surface area contributed by atoms with Gasteiger partial charge in [-0.3, -0.25) is 0 Å². The van der Waals surface area contributed by atoms with Gasteiger partial charge < -0.3 is 10.2 Å². The van der Waals surface area contributed by atoms with Gasteiger partial charge in [-0.1, -0.05) is 140 Å². The van der Waals surface area contributed by atoms with E-state index in [1.54, 1.807) is 0 Å². The first kappa shape index (κ1) is 35.5. The van der Waals surface area contributed by atoms with Gasteiger partial charge in [-0.2, -0.15) is 0 Å². The van der Waals surface area contributed by atoms with E-state index in [0.717, 1.165) is 38.5 Å². The molecule has 0 aromatic heterocycles. The van der Waals surface area contributed by atoms with Gasteiger partial charge in [-0.05, 0) is 96.5 Å². The summed E-state index contributed by atoms with van der Waals surface area (Å²) in [6.45, 7) is 21.9. The van der Waals surface area contributed by atoms with Crippen LogP contribution in [0.4, 0.5) is 0 Å². The Kier molecular flexibility index (Phi) is 13.7. The summed E-state index contributed by atoms with van der Waals surface area (Å²) in [6.07, 6.45) is 30.7. The Labute approximate surface area is 258 Å². The lowest BCUT2D eigenvalue weighted by Crippen LogP contribution is -2.29. The third-order valence-electron chi connectivity index (χ3n) is 8.67. The van der Waals surface area contributed by atoms with Crippen LogP contribution < -0.4 is 0 Å². The summed E-state index contributed by atoms with van der Waals surface area (Å²) in [6, 6.07) is 0. The van der Waals surface area contributed by atoms with E-state index in [4.69, 9.17) is 0 Å². The maximum atomic E-state index is 10.1. The first-order valence-electron chi connectivity index (χ1n) is 15.7. The van der Waals surface area contributed by atoms with Gasteiger partial charge in [0.05, 0.1) is 12.2 Å². The number of rotatable bonds is 11. The van der Waals surface area contributed by atoms with Crippen molar-refractivity contribution in [3.8, 4) is 0 Å². The lowest BCUT2D eigenvalue weighted by molar-refractivity contribution is 0.113. The zero-order valence-electron chi connectivity index (χ0n) is 28.2. The van der Waals surface area contributed by atoms with Crippen molar-refractivity contribution in [3.63, 3.8) is 0 Å². The Morgan fingerprint density at radius 1 is 0.667 bits per heavy atom. The molecule has 2 nitrogen and oxygen atoms in total. The maximum absolute atomic E-state index is 10.1. The minimum atomic E-state index is -0.224. The summed E-state index contributed by atoms with van der Waals surface area (Å²) in [5.41, 5.74) is 10.6. The van der Waals surface area contributed by atoms with Gasteiger partial charge in [0, 0.05) is 0 Å². The normalized spacial score (nSPS) is 24.9. The summed E-state index contributed by atoms with van der Waals surface area (Å²) in [5, 5.41) is 20.2. The number of allylic oxidation sites excluding steroid dienone is 18. The fraction of sp³-hybridized carbons (Fsp3) is 0.500. The highest BCUT2D eigenvalue weighted by Gasteiger charge is 2.32. The highest BCUT2D eigenvalue weighted by molar-refractivity contribution is 5.38. The molecule has 42 heavy (non-hydrogen) atoms. The molecule has 2 rings (SSSR count). The largest absolute Gasteiger partial charge is 0.393 e. The number of aliphatic hydroxyl groups is 2. The van der Waals surface area contributed by atoms with Gasteiger partial charge in [-0.25, -0.2) is 0 Å². The first-order valence-corrected chi connectivity index (χ1v) is 15.7. The fourth-order valence-corrected chi connectivity index (χ4v) is 6.49. The van der Waals surface area contributed by atoms with Gasteiger partial charge >= 0.3 is 0 Å². The minimum Gasteiger partial charge on any atom is -0.393 e. The van der Waals surface area contributed by atoms with Gasteiger partial charge in [0.2, 0.25) is 0 Å². The van der Waals surface area contributed by atoms with E-state index in [1.165, 1.54) is 44.6 Å². The highest BCUT2D eigenvalue weighted by Crippen LogP contribution is 2.43. The molecule has 2 atom stereocenters. The molecule has 2 N–H and O–H groups in total. The molecule has 0 saturated heterocycles. The lowest BCUT2D eigenvalue weighted by Gasteiger charge is -2.37. The Morgan fingerprint density at radius 3 is 1.69 bits per heavy atom.